The average Bonchev–Trinajstić information content (AvgIpc) is 3.22. The van der Waals surface area contributed by atoms with Crippen molar-refractivity contribution in [2.24, 2.45) is 5.92 Å². The maximum atomic E-state index is 13.2. The van der Waals surface area contributed by atoms with Gasteiger partial charge >= 0.3 is 0 Å². The van der Waals surface area contributed by atoms with Crippen molar-refractivity contribution in [1.82, 2.24) is 20.1 Å². The number of hydrogen-bond donors (Lipinski definition) is 2. The number of nitrogens with one attached hydrogen (secondary N) is 2. The van der Waals surface area contributed by atoms with Gasteiger partial charge in [-0.2, -0.15) is 0 Å². The smallest absolute Gasteiger partial charge is 0.268 e. The number of benzene rings is 2. The largest absolute Gasteiger partial charge is 0.351 e. The predicted octanol–water partition coefficient (Wildman–Crippen LogP) is 3.27. The third-order valence-corrected chi connectivity index (χ3v) is 5.93. The summed E-state index contributed by atoms with van der Waals surface area (Å²) in [5, 5.41) is 3.95. The molecule has 1 fully saturated rings. The van der Waals surface area contributed by atoms with Gasteiger partial charge in [-0.3, -0.25) is 14.5 Å². The van der Waals surface area contributed by atoms with E-state index in [1.54, 1.807) is 0 Å². The first-order chi connectivity index (χ1) is 15.0. The lowest BCUT2D eigenvalue weighted by molar-refractivity contribution is -0.136. The lowest BCUT2D eigenvalue weighted by Crippen LogP contribution is -2.56. The molecule has 162 valence electrons. The van der Waals surface area contributed by atoms with E-state index in [-0.39, 0.29) is 17.7 Å². The van der Waals surface area contributed by atoms with E-state index in [4.69, 9.17) is 0 Å². The third kappa shape index (κ3) is 4.97. The maximum absolute atomic E-state index is 13.2. The highest BCUT2D eigenvalue weighted by Crippen LogP contribution is 2.16. The summed E-state index contributed by atoms with van der Waals surface area (Å²) in [5.74, 6) is -0.243. The number of carbonyl (C=O) groups is 2. The van der Waals surface area contributed by atoms with E-state index >= 15 is 0 Å². The van der Waals surface area contributed by atoms with E-state index in [2.05, 4.69) is 39.5 Å². The Bertz CT molecular complexity index is 1000. The van der Waals surface area contributed by atoms with Crippen molar-refractivity contribution in [3.8, 4) is 0 Å². The van der Waals surface area contributed by atoms with Gasteiger partial charge in [-0.15, -0.1) is 0 Å². The van der Waals surface area contributed by atoms with Gasteiger partial charge < -0.3 is 15.2 Å². The minimum atomic E-state index is -0.542. The van der Waals surface area contributed by atoms with Crippen LogP contribution >= 0.6 is 0 Å². The van der Waals surface area contributed by atoms with E-state index in [0.717, 1.165) is 30.5 Å². The molecule has 2 aromatic carbocycles. The normalized spacial score (nSPS) is 15.9. The number of nitrogens with zero attached hydrogens (tertiary/aromatic N) is 2. The summed E-state index contributed by atoms with van der Waals surface area (Å²) in [6.07, 6.45) is 0. The van der Waals surface area contributed by atoms with Gasteiger partial charge in [0.2, 0.25) is 5.91 Å². The van der Waals surface area contributed by atoms with Crippen LogP contribution in [0.15, 0.2) is 60.7 Å². The molecule has 31 heavy (non-hydrogen) atoms. The number of hydrogen-bond acceptors (Lipinski definition) is 3. The molecule has 2 N–H and O–H groups in total. The van der Waals surface area contributed by atoms with E-state index < -0.39 is 6.04 Å². The second-order valence-corrected chi connectivity index (χ2v) is 8.55. The van der Waals surface area contributed by atoms with Crippen molar-refractivity contribution < 1.29 is 9.59 Å². The minimum absolute atomic E-state index is 0.00109. The summed E-state index contributed by atoms with van der Waals surface area (Å²) >= 11 is 0. The van der Waals surface area contributed by atoms with Gasteiger partial charge in [-0.05, 0) is 23.6 Å². The van der Waals surface area contributed by atoms with Crippen LogP contribution < -0.4 is 5.32 Å². The van der Waals surface area contributed by atoms with Crippen molar-refractivity contribution in [3.05, 3.63) is 71.9 Å². The predicted molar refractivity (Wildman–Crippen MR) is 123 cm³/mol. The van der Waals surface area contributed by atoms with Crippen LogP contribution in [0.3, 0.4) is 0 Å². The van der Waals surface area contributed by atoms with Gasteiger partial charge in [0.05, 0.1) is 0 Å². The second-order valence-electron chi connectivity index (χ2n) is 8.55. The Balaban J connectivity index is 1.36. The molecule has 1 aliphatic rings. The van der Waals surface area contributed by atoms with Crippen molar-refractivity contribution in [2.75, 3.05) is 26.2 Å². The minimum Gasteiger partial charge on any atom is -0.351 e. The van der Waals surface area contributed by atoms with Crippen LogP contribution in [0, 0.1) is 5.92 Å². The van der Waals surface area contributed by atoms with Gasteiger partial charge in [0.15, 0.2) is 0 Å². The third-order valence-electron chi connectivity index (χ3n) is 5.93. The molecule has 2 heterocycles. The van der Waals surface area contributed by atoms with E-state index in [1.807, 2.05) is 55.1 Å². The highest BCUT2D eigenvalue weighted by Gasteiger charge is 2.31. The lowest BCUT2D eigenvalue weighted by atomic mass is 10.0. The van der Waals surface area contributed by atoms with Gasteiger partial charge in [-0.1, -0.05) is 62.4 Å². The quantitative estimate of drug-likeness (QED) is 0.646. The molecule has 2 amide bonds. The Morgan fingerprint density at radius 3 is 2.32 bits per heavy atom. The van der Waals surface area contributed by atoms with E-state index in [0.29, 0.717) is 18.8 Å². The Hall–Kier alpha value is -3.12. The Morgan fingerprint density at radius 2 is 1.65 bits per heavy atom. The van der Waals surface area contributed by atoms with Crippen LogP contribution in [0.25, 0.3) is 10.9 Å². The SMILES string of the molecule is CC(C)[C@H](NC(=O)c1cc2ccccc2[nH]1)C(=O)N1CCN(Cc2ccccc2)CC1. The van der Waals surface area contributed by atoms with Gasteiger partial charge in [-0.25, -0.2) is 0 Å². The first kappa shape index (κ1) is 21.1. The fourth-order valence-electron chi connectivity index (χ4n) is 4.09. The van der Waals surface area contributed by atoms with E-state index in [1.165, 1.54) is 5.56 Å². The molecule has 1 aromatic heterocycles. The number of amides is 2. The highest BCUT2D eigenvalue weighted by atomic mass is 16.2. The summed E-state index contributed by atoms with van der Waals surface area (Å²) < 4.78 is 0. The number of aromatic nitrogens is 1. The number of fused-ring (bicyclic) bond motifs is 1. The zero-order valence-corrected chi connectivity index (χ0v) is 18.2. The van der Waals surface area contributed by atoms with Crippen molar-refractivity contribution >= 4 is 22.7 Å². The topological polar surface area (TPSA) is 68.4 Å². The summed E-state index contributed by atoms with van der Waals surface area (Å²) in [6, 6.07) is 19.4. The zero-order chi connectivity index (χ0) is 21.8. The Morgan fingerprint density at radius 1 is 0.968 bits per heavy atom. The van der Waals surface area contributed by atoms with Crippen molar-refractivity contribution in [1.29, 1.82) is 0 Å². The number of H-pyrrole nitrogens is 1. The number of carbonyl (C=O) groups excluding carboxylic acids is 2. The molecule has 0 unspecified atom stereocenters. The molecule has 1 atom stereocenters. The van der Waals surface area contributed by atoms with Crippen LogP contribution in [0.4, 0.5) is 0 Å². The van der Waals surface area contributed by atoms with Gasteiger partial charge in [0.1, 0.15) is 11.7 Å². The van der Waals surface area contributed by atoms with Gasteiger partial charge in [0.25, 0.3) is 5.91 Å². The summed E-state index contributed by atoms with van der Waals surface area (Å²) in [6.45, 7) is 7.87. The molecule has 1 saturated heterocycles. The first-order valence-corrected chi connectivity index (χ1v) is 10.9. The number of para-hydroxylation sites is 1. The van der Waals surface area contributed by atoms with Crippen molar-refractivity contribution in [2.45, 2.75) is 26.4 Å². The van der Waals surface area contributed by atoms with Crippen LogP contribution in [0.5, 0.6) is 0 Å². The van der Waals surface area contributed by atoms with E-state index in [9.17, 15) is 9.59 Å². The molecule has 0 spiro atoms. The number of aromatic amines is 1. The molecular weight excluding hydrogens is 388 g/mol. The summed E-state index contributed by atoms with van der Waals surface area (Å²) in [7, 11) is 0. The average molecular weight is 419 g/mol. The Labute approximate surface area is 183 Å². The standard InChI is InChI=1S/C25H30N4O2/c1-18(2)23(27-24(30)22-16-20-10-6-7-11-21(20)26-22)25(31)29-14-12-28(13-15-29)17-19-8-4-3-5-9-19/h3-11,16,18,23,26H,12-15,17H2,1-2H3,(H,27,30)/t23-/m0/s1. The van der Waals surface area contributed by atoms with Crippen LogP contribution in [-0.4, -0.2) is 58.8 Å². The van der Waals surface area contributed by atoms with Crippen LogP contribution in [0.2, 0.25) is 0 Å². The molecule has 6 nitrogen and oxygen atoms in total. The molecule has 0 radical (unpaired) electrons. The number of rotatable bonds is 6. The Kier molecular flexibility index (Phi) is 6.37. The zero-order valence-electron chi connectivity index (χ0n) is 18.2. The fraction of sp³-hybridized carbons (Fsp3) is 0.360. The van der Waals surface area contributed by atoms with Crippen LogP contribution in [-0.2, 0) is 11.3 Å². The molecule has 0 saturated carbocycles. The maximum Gasteiger partial charge on any atom is 0.268 e. The summed E-state index contributed by atoms with van der Waals surface area (Å²) in [4.78, 5) is 33.5. The fourth-order valence-corrected chi connectivity index (χ4v) is 4.09. The highest BCUT2D eigenvalue weighted by molar-refractivity contribution is 6.00. The lowest BCUT2D eigenvalue weighted by Gasteiger charge is -2.37. The molecule has 0 bridgehead atoms. The van der Waals surface area contributed by atoms with Gasteiger partial charge in [0, 0.05) is 43.6 Å². The molecule has 4 rings (SSSR count). The molecule has 6 heteroatoms. The van der Waals surface area contributed by atoms with Crippen LogP contribution in [0.1, 0.15) is 29.9 Å². The molecule has 0 aliphatic carbocycles. The summed E-state index contributed by atoms with van der Waals surface area (Å²) in [5.41, 5.74) is 2.68. The monoisotopic (exact) mass is 418 g/mol. The first-order valence-electron chi connectivity index (χ1n) is 10.9. The molecule has 1 aliphatic heterocycles. The van der Waals surface area contributed by atoms with Crippen molar-refractivity contribution in [3.63, 3.8) is 0 Å². The molecular formula is C25H30N4O2. The number of piperazine rings is 1. The molecule has 3 aromatic rings. The second kappa shape index (κ2) is 9.35.